The topological polar surface area (TPSA) is 26.3 Å². The summed E-state index contributed by atoms with van der Waals surface area (Å²) in [5.74, 6) is -7.00. The van der Waals surface area contributed by atoms with Gasteiger partial charge in [-0.05, 0) is 47.9 Å². The number of hydrogen-bond donors (Lipinski definition) is 0. The molecule has 0 heterocycles. The molecule has 3 rings (SSSR count). The highest BCUT2D eigenvalue weighted by Gasteiger charge is 2.32. The zero-order chi connectivity index (χ0) is 25.6. The fourth-order valence-electron chi connectivity index (χ4n) is 2.78. The van der Waals surface area contributed by atoms with Crippen molar-refractivity contribution in [3.05, 3.63) is 88.7 Å². The number of alkyl halides is 3. The van der Waals surface area contributed by atoms with E-state index in [0.717, 1.165) is 24.3 Å². The van der Waals surface area contributed by atoms with Gasteiger partial charge in [0, 0.05) is 5.56 Å². The van der Waals surface area contributed by atoms with Crippen LogP contribution in [0.25, 0.3) is 11.1 Å². The van der Waals surface area contributed by atoms with Gasteiger partial charge < -0.3 is 4.74 Å². The summed E-state index contributed by atoms with van der Waals surface area (Å²) in [6.45, 7) is 1.85. The number of rotatable bonds is 5. The predicted octanol–water partition coefficient (Wildman–Crippen LogP) is 7.70. The lowest BCUT2D eigenvalue weighted by molar-refractivity contribution is -0.275. The maximum Gasteiger partial charge on any atom is 0.573 e. The summed E-state index contributed by atoms with van der Waals surface area (Å²) < 4.78 is 117. The number of carbonyl (C=O) groups is 1. The van der Waals surface area contributed by atoms with E-state index in [-0.39, 0.29) is 16.7 Å². The molecule has 0 aliphatic rings. The second-order valence-electron chi connectivity index (χ2n) is 6.75. The van der Waals surface area contributed by atoms with E-state index in [4.69, 9.17) is 0 Å². The van der Waals surface area contributed by atoms with Crippen molar-refractivity contribution in [2.45, 2.75) is 26.1 Å². The Morgan fingerprint density at radius 1 is 0.824 bits per heavy atom. The average Bonchev–Trinajstić information content (AvgIpc) is 2.75. The highest BCUT2D eigenvalue weighted by atomic mass is 19.4. The minimum absolute atomic E-state index is 0.0950. The van der Waals surface area contributed by atoms with Gasteiger partial charge in [0.15, 0.2) is 29.0 Å². The summed E-state index contributed by atoms with van der Waals surface area (Å²) in [6, 6.07) is 5.29. The highest BCUT2D eigenvalue weighted by molar-refractivity contribution is 5.89. The fraction of sp³-hybridized carbons (Fsp3) is 0.174. The van der Waals surface area contributed by atoms with Gasteiger partial charge in [0.2, 0.25) is 0 Å². The Bertz CT molecular complexity index is 1170. The third kappa shape index (κ3) is 7.00. The van der Waals surface area contributed by atoms with E-state index in [1.807, 2.05) is 6.92 Å². The number of benzene rings is 3. The monoisotopic (exact) mass is 494 g/mol. The summed E-state index contributed by atoms with van der Waals surface area (Å²) in [6.07, 6.45) is -3.91. The lowest BCUT2D eigenvalue weighted by Crippen LogP contribution is -2.17. The number of ether oxygens (including phenoxy) is 1. The SMILES string of the molecule is CCCc1ccc(F)c(F)c1F.O=C(F)c1ccc(-c2ccc(OC(F)(F)F)c(F)c2)c(F)c1. The van der Waals surface area contributed by atoms with Gasteiger partial charge in [-0.3, -0.25) is 4.79 Å². The van der Waals surface area contributed by atoms with Crippen LogP contribution in [0.1, 0.15) is 29.3 Å². The van der Waals surface area contributed by atoms with Crippen LogP contribution in [-0.2, 0) is 6.42 Å². The molecule has 0 atom stereocenters. The molecular weight excluding hydrogens is 479 g/mol. The van der Waals surface area contributed by atoms with Crippen molar-refractivity contribution in [3.63, 3.8) is 0 Å². The first-order chi connectivity index (χ1) is 15.8. The lowest BCUT2D eigenvalue weighted by Gasteiger charge is -2.11. The number of carbonyl (C=O) groups excluding carboxylic acids is 1. The molecule has 0 N–H and O–H groups in total. The first-order valence-corrected chi connectivity index (χ1v) is 9.51. The molecule has 2 nitrogen and oxygen atoms in total. The van der Waals surface area contributed by atoms with Crippen molar-refractivity contribution in [3.8, 4) is 16.9 Å². The maximum atomic E-state index is 13.7. The van der Waals surface area contributed by atoms with Crippen LogP contribution in [0.3, 0.4) is 0 Å². The Hall–Kier alpha value is -3.50. The number of hydrogen-bond acceptors (Lipinski definition) is 2. The van der Waals surface area contributed by atoms with Crippen molar-refractivity contribution in [2.75, 3.05) is 0 Å². The number of aryl methyl sites for hydroxylation is 1. The highest BCUT2D eigenvalue weighted by Crippen LogP contribution is 2.31. The Balaban J connectivity index is 0.000000287. The van der Waals surface area contributed by atoms with Crippen LogP contribution in [0.5, 0.6) is 5.75 Å². The summed E-state index contributed by atoms with van der Waals surface area (Å²) in [5.41, 5.74) is -0.597. The van der Waals surface area contributed by atoms with E-state index in [9.17, 15) is 44.3 Å². The van der Waals surface area contributed by atoms with Gasteiger partial charge >= 0.3 is 12.4 Å². The molecule has 3 aromatic rings. The molecule has 0 aromatic heterocycles. The third-order valence-corrected chi connectivity index (χ3v) is 4.30. The fourth-order valence-corrected chi connectivity index (χ4v) is 2.78. The average molecular weight is 494 g/mol. The smallest absolute Gasteiger partial charge is 0.403 e. The molecule has 0 saturated carbocycles. The molecule has 0 bridgehead atoms. The van der Waals surface area contributed by atoms with Gasteiger partial charge in [0.25, 0.3) is 0 Å². The zero-order valence-corrected chi connectivity index (χ0v) is 17.3. The maximum absolute atomic E-state index is 13.7. The first kappa shape index (κ1) is 26.7. The molecular formula is C23H15F9O2. The molecule has 0 aliphatic carbocycles. The third-order valence-electron chi connectivity index (χ3n) is 4.30. The molecule has 11 heteroatoms. The van der Waals surface area contributed by atoms with Crippen molar-refractivity contribution >= 4 is 6.04 Å². The van der Waals surface area contributed by atoms with Gasteiger partial charge in [-0.1, -0.05) is 31.5 Å². The molecule has 34 heavy (non-hydrogen) atoms. The molecule has 0 aliphatic heterocycles. The van der Waals surface area contributed by atoms with E-state index in [0.29, 0.717) is 31.0 Å². The molecule has 0 saturated heterocycles. The lowest BCUT2D eigenvalue weighted by atomic mass is 10.0. The van der Waals surface area contributed by atoms with Crippen LogP contribution < -0.4 is 4.74 Å². The van der Waals surface area contributed by atoms with Gasteiger partial charge in [-0.25, -0.2) is 22.0 Å². The molecule has 0 radical (unpaired) electrons. The summed E-state index contributed by atoms with van der Waals surface area (Å²) in [5, 5.41) is 0. The minimum atomic E-state index is -5.06. The Morgan fingerprint density at radius 3 is 2.03 bits per heavy atom. The van der Waals surface area contributed by atoms with E-state index >= 15 is 0 Å². The standard InChI is InChI=1S/C14H6F6O2.C9H9F3/c15-10-6-8(13(17)21)1-3-9(10)7-2-4-12(11(16)5-7)22-14(18,19)20;1-2-3-6-4-5-7(10)9(12)8(6)11/h1-6H;4-5H,2-3H2,1H3. The predicted molar refractivity (Wildman–Crippen MR) is 104 cm³/mol. The quantitative estimate of drug-likeness (QED) is 0.207. The van der Waals surface area contributed by atoms with E-state index in [2.05, 4.69) is 4.74 Å². The van der Waals surface area contributed by atoms with Crippen LogP contribution in [0.4, 0.5) is 39.5 Å². The summed E-state index contributed by atoms with van der Waals surface area (Å²) in [7, 11) is 0. The zero-order valence-electron chi connectivity index (χ0n) is 17.3. The van der Waals surface area contributed by atoms with Gasteiger partial charge in [-0.15, -0.1) is 13.2 Å². The second kappa shape index (κ2) is 11.1. The van der Waals surface area contributed by atoms with Crippen LogP contribution in [-0.4, -0.2) is 12.4 Å². The largest absolute Gasteiger partial charge is 0.573 e. The molecule has 3 aromatic carbocycles. The number of halogens is 9. The molecule has 0 spiro atoms. The summed E-state index contributed by atoms with van der Waals surface area (Å²) in [4.78, 5) is 10.5. The van der Waals surface area contributed by atoms with Gasteiger partial charge in [0.1, 0.15) is 5.82 Å². The van der Waals surface area contributed by atoms with Gasteiger partial charge in [0.05, 0.1) is 5.56 Å². The molecule has 0 unspecified atom stereocenters. The first-order valence-electron chi connectivity index (χ1n) is 9.51. The van der Waals surface area contributed by atoms with Crippen LogP contribution >= 0.6 is 0 Å². The Kier molecular flexibility index (Phi) is 8.72. The van der Waals surface area contributed by atoms with E-state index in [1.54, 1.807) is 0 Å². The van der Waals surface area contributed by atoms with Crippen molar-refractivity contribution in [1.82, 2.24) is 0 Å². The summed E-state index contributed by atoms with van der Waals surface area (Å²) >= 11 is 0. The Labute approximate surface area is 187 Å². The van der Waals surface area contributed by atoms with Crippen LogP contribution in [0.2, 0.25) is 0 Å². The minimum Gasteiger partial charge on any atom is -0.403 e. The van der Waals surface area contributed by atoms with Crippen molar-refractivity contribution in [1.29, 1.82) is 0 Å². The van der Waals surface area contributed by atoms with Gasteiger partial charge in [-0.2, -0.15) is 4.39 Å². The Morgan fingerprint density at radius 2 is 1.50 bits per heavy atom. The molecule has 0 fully saturated rings. The van der Waals surface area contributed by atoms with Crippen molar-refractivity contribution < 1.29 is 49.0 Å². The normalized spacial score (nSPS) is 11.0. The second-order valence-corrected chi connectivity index (χ2v) is 6.75. The van der Waals surface area contributed by atoms with E-state index in [1.165, 1.54) is 6.07 Å². The van der Waals surface area contributed by atoms with E-state index < -0.39 is 52.8 Å². The molecule has 0 amide bonds. The van der Waals surface area contributed by atoms with Crippen LogP contribution in [0, 0.1) is 29.1 Å². The molecule has 182 valence electrons. The van der Waals surface area contributed by atoms with Crippen LogP contribution in [0.15, 0.2) is 48.5 Å². The van der Waals surface area contributed by atoms with Crippen molar-refractivity contribution in [2.24, 2.45) is 0 Å².